The molecular weight excluding hydrogens is 452 g/mol. The summed E-state index contributed by atoms with van der Waals surface area (Å²) in [5.41, 5.74) is 1.23. The number of amides is 1. The van der Waals surface area contributed by atoms with Crippen LogP contribution in [0.4, 0.5) is 5.69 Å². The van der Waals surface area contributed by atoms with Gasteiger partial charge >= 0.3 is 0 Å². The zero-order chi connectivity index (χ0) is 23.9. The van der Waals surface area contributed by atoms with Crippen molar-refractivity contribution in [3.8, 4) is 5.75 Å². The van der Waals surface area contributed by atoms with Gasteiger partial charge in [-0.2, -0.15) is 0 Å². The summed E-state index contributed by atoms with van der Waals surface area (Å²) in [5, 5.41) is 2.93. The Kier molecular flexibility index (Phi) is 8.68. The van der Waals surface area contributed by atoms with Gasteiger partial charge in [-0.1, -0.05) is 31.2 Å². The molecule has 1 unspecified atom stereocenters. The smallest absolute Gasteiger partial charge is 0.232 e. The largest absolute Gasteiger partial charge is 0.495 e. The number of hydrogen-bond donors (Lipinski definition) is 1. The zero-order valence-electron chi connectivity index (χ0n) is 18.7. The molecule has 0 aliphatic rings. The van der Waals surface area contributed by atoms with E-state index in [4.69, 9.17) is 4.74 Å². The van der Waals surface area contributed by atoms with Crippen molar-refractivity contribution in [3.05, 3.63) is 54.1 Å². The van der Waals surface area contributed by atoms with Gasteiger partial charge < -0.3 is 10.1 Å². The van der Waals surface area contributed by atoms with Crippen LogP contribution in [0, 0.1) is 0 Å². The summed E-state index contributed by atoms with van der Waals surface area (Å²) in [7, 11) is -5.38. The van der Waals surface area contributed by atoms with E-state index in [-0.39, 0.29) is 29.8 Å². The molecule has 2 aromatic carbocycles. The molecule has 8 nitrogen and oxygen atoms in total. The van der Waals surface area contributed by atoms with Crippen molar-refractivity contribution in [1.82, 2.24) is 5.32 Å². The Morgan fingerprint density at radius 2 is 1.66 bits per heavy atom. The Hall–Kier alpha value is -2.59. The lowest BCUT2D eigenvalue weighted by atomic mass is 10.0. The molecule has 10 heteroatoms. The molecule has 0 saturated heterocycles. The van der Waals surface area contributed by atoms with Gasteiger partial charge in [0.1, 0.15) is 5.75 Å². The predicted molar refractivity (Wildman–Crippen MR) is 125 cm³/mol. The molecule has 32 heavy (non-hydrogen) atoms. The number of nitrogens with one attached hydrogen (secondary N) is 1. The molecule has 0 bridgehead atoms. The highest BCUT2D eigenvalue weighted by Gasteiger charge is 2.21. The number of hydrogen-bond acceptors (Lipinski definition) is 6. The fourth-order valence-corrected chi connectivity index (χ4v) is 4.92. The second kappa shape index (κ2) is 10.8. The fourth-order valence-electron chi connectivity index (χ4n) is 3.32. The van der Waals surface area contributed by atoms with Crippen molar-refractivity contribution in [2.75, 3.05) is 30.5 Å². The molecule has 0 fully saturated rings. The summed E-state index contributed by atoms with van der Waals surface area (Å²) >= 11 is 0. The van der Waals surface area contributed by atoms with E-state index >= 15 is 0 Å². The van der Waals surface area contributed by atoms with Gasteiger partial charge in [0.15, 0.2) is 9.84 Å². The van der Waals surface area contributed by atoms with E-state index in [1.165, 1.54) is 23.5 Å². The third-order valence-electron chi connectivity index (χ3n) is 4.97. The topological polar surface area (TPSA) is 110 Å². The predicted octanol–water partition coefficient (Wildman–Crippen LogP) is 2.91. The number of benzene rings is 2. The minimum absolute atomic E-state index is 0.131. The summed E-state index contributed by atoms with van der Waals surface area (Å²) in [6, 6.07) is 13.0. The van der Waals surface area contributed by atoms with Gasteiger partial charge in [-0.15, -0.1) is 0 Å². The highest BCUT2D eigenvalue weighted by molar-refractivity contribution is 7.92. The Labute approximate surface area is 190 Å². The average Bonchev–Trinajstić information content (AvgIpc) is 2.73. The van der Waals surface area contributed by atoms with Crippen molar-refractivity contribution in [2.45, 2.75) is 37.1 Å². The molecule has 176 valence electrons. The summed E-state index contributed by atoms with van der Waals surface area (Å²) in [6.07, 6.45) is 3.35. The number of ether oxygens (including phenoxy) is 1. The van der Waals surface area contributed by atoms with Gasteiger partial charge in [-0.05, 0) is 42.7 Å². The van der Waals surface area contributed by atoms with Gasteiger partial charge in [-0.25, -0.2) is 16.8 Å². The zero-order valence-corrected chi connectivity index (χ0v) is 20.4. The number of sulfonamides is 1. The van der Waals surface area contributed by atoms with Crippen LogP contribution in [0.15, 0.2) is 53.4 Å². The molecule has 1 atom stereocenters. The van der Waals surface area contributed by atoms with Crippen LogP contribution in [0.3, 0.4) is 0 Å². The molecule has 2 aromatic rings. The van der Waals surface area contributed by atoms with Crippen molar-refractivity contribution in [3.63, 3.8) is 0 Å². The molecule has 2 rings (SSSR count). The van der Waals surface area contributed by atoms with Gasteiger partial charge in [0.2, 0.25) is 15.9 Å². The second-order valence-corrected chi connectivity index (χ2v) is 11.4. The van der Waals surface area contributed by atoms with E-state index in [1.807, 2.05) is 6.92 Å². The van der Waals surface area contributed by atoms with E-state index < -0.39 is 19.9 Å². The molecule has 0 aliphatic heterocycles. The van der Waals surface area contributed by atoms with Crippen LogP contribution < -0.4 is 14.4 Å². The van der Waals surface area contributed by atoms with Crippen LogP contribution >= 0.6 is 0 Å². The summed E-state index contributed by atoms with van der Waals surface area (Å²) in [6.45, 7) is 2.05. The first-order chi connectivity index (χ1) is 15.0. The Morgan fingerprint density at radius 1 is 1.03 bits per heavy atom. The maximum atomic E-state index is 12.5. The van der Waals surface area contributed by atoms with E-state index in [0.29, 0.717) is 24.3 Å². The first-order valence-corrected chi connectivity index (χ1v) is 13.9. The van der Waals surface area contributed by atoms with Crippen LogP contribution in [-0.4, -0.2) is 48.9 Å². The van der Waals surface area contributed by atoms with E-state index in [9.17, 15) is 21.6 Å². The first-order valence-electron chi connectivity index (χ1n) is 10.2. The minimum Gasteiger partial charge on any atom is -0.495 e. The third kappa shape index (κ3) is 6.96. The molecule has 0 radical (unpaired) electrons. The molecule has 0 aromatic heterocycles. The van der Waals surface area contributed by atoms with Crippen LogP contribution in [-0.2, 0) is 24.7 Å². The highest BCUT2D eigenvalue weighted by Crippen LogP contribution is 2.29. The standard InChI is InChI=1S/C22H30N2O6S2/c1-5-19(17-12-14-18(15-13-17)31(3,26)27)23-22(25)11-8-16-24(32(4,28)29)20-9-6-7-10-21(20)30-2/h6-7,9-10,12-15,19H,5,8,11,16H2,1-4H3,(H,23,25). The van der Waals surface area contributed by atoms with Crippen molar-refractivity contribution in [2.24, 2.45) is 0 Å². The monoisotopic (exact) mass is 482 g/mol. The van der Waals surface area contributed by atoms with Crippen LogP contribution in [0.5, 0.6) is 5.75 Å². The lowest BCUT2D eigenvalue weighted by molar-refractivity contribution is -0.121. The minimum atomic E-state index is -3.56. The summed E-state index contributed by atoms with van der Waals surface area (Å²) in [5.74, 6) is 0.225. The van der Waals surface area contributed by atoms with Crippen molar-refractivity contribution in [1.29, 1.82) is 0 Å². The van der Waals surface area contributed by atoms with Gasteiger partial charge in [-0.3, -0.25) is 9.10 Å². The highest BCUT2D eigenvalue weighted by atomic mass is 32.2. The second-order valence-electron chi connectivity index (χ2n) is 7.48. The first kappa shape index (κ1) is 25.7. The van der Waals surface area contributed by atoms with Crippen LogP contribution in [0.2, 0.25) is 0 Å². The lowest BCUT2D eigenvalue weighted by Crippen LogP contribution is -2.33. The summed E-state index contributed by atoms with van der Waals surface area (Å²) < 4.78 is 54.4. The van der Waals surface area contributed by atoms with Crippen molar-refractivity contribution < 1.29 is 26.4 Å². The maximum absolute atomic E-state index is 12.5. The average molecular weight is 483 g/mol. The number of methoxy groups -OCH3 is 1. The van der Waals surface area contributed by atoms with E-state index in [0.717, 1.165) is 18.1 Å². The van der Waals surface area contributed by atoms with Gasteiger partial charge in [0.25, 0.3) is 0 Å². The quantitative estimate of drug-likeness (QED) is 0.527. The van der Waals surface area contributed by atoms with Crippen molar-refractivity contribution >= 4 is 31.5 Å². The molecule has 1 amide bonds. The molecule has 0 aliphatic carbocycles. The number of sulfone groups is 1. The number of rotatable bonds is 11. The molecule has 0 saturated carbocycles. The van der Waals surface area contributed by atoms with Gasteiger partial charge in [0.05, 0.1) is 30.0 Å². The SMILES string of the molecule is CCC(NC(=O)CCCN(c1ccccc1OC)S(C)(=O)=O)c1ccc(S(C)(=O)=O)cc1. The van der Waals surface area contributed by atoms with Gasteiger partial charge in [0, 0.05) is 19.2 Å². The molecule has 1 N–H and O–H groups in total. The number of anilines is 1. The number of carbonyl (C=O) groups excluding carboxylic acids is 1. The van der Waals surface area contributed by atoms with E-state index in [1.54, 1.807) is 36.4 Å². The van der Waals surface area contributed by atoms with Crippen LogP contribution in [0.1, 0.15) is 37.8 Å². The normalized spacial score (nSPS) is 12.8. The fraction of sp³-hybridized carbons (Fsp3) is 0.409. The number of para-hydroxylation sites is 2. The Bertz CT molecular complexity index is 1130. The summed E-state index contributed by atoms with van der Waals surface area (Å²) in [4.78, 5) is 12.7. The molecular formula is C22H30N2O6S2. The molecule has 0 spiro atoms. The van der Waals surface area contributed by atoms with Crippen LogP contribution in [0.25, 0.3) is 0 Å². The Morgan fingerprint density at radius 3 is 2.19 bits per heavy atom. The number of carbonyl (C=O) groups is 1. The Balaban J connectivity index is 2.02. The molecule has 0 heterocycles. The number of nitrogens with zero attached hydrogens (tertiary/aromatic N) is 1. The maximum Gasteiger partial charge on any atom is 0.232 e. The lowest BCUT2D eigenvalue weighted by Gasteiger charge is -2.24. The van der Waals surface area contributed by atoms with E-state index in [2.05, 4.69) is 5.32 Å². The third-order valence-corrected chi connectivity index (χ3v) is 7.28.